The number of fused-ring (bicyclic) bond motifs is 1. The van der Waals surface area contributed by atoms with Crippen molar-refractivity contribution in [2.24, 2.45) is 5.92 Å². The molecule has 16 heavy (non-hydrogen) atoms. The lowest BCUT2D eigenvalue weighted by atomic mass is 9.86. The molecule has 1 atom stereocenters. The molecule has 1 aromatic rings. The number of hydrogen-bond acceptors (Lipinski definition) is 5. The number of Topliss-reactive ketones (excluding diaryl/α,β-unsaturated/α-hetero) is 1. The van der Waals surface area contributed by atoms with Crippen LogP contribution in [0.15, 0.2) is 10.7 Å². The van der Waals surface area contributed by atoms with E-state index in [-0.39, 0.29) is 30.3 Å². The van der Waals surface area contributed by atoms with Crippen molar-refractivity contribution in [2.75, 3.05) is 13.7 Å². The molecule has 1 aliphatic carbocycles. The first-order valence-corrected chi connectivity index (χ1v) is 5.00. The summed E-state index contributed by atoms with van der Waals surface area (Å²) in [6.07, 6.45) is 1.97. The fourth-order valence-electron chi connectivity index (χ4n) is 1.94. The van der Waals surface area contributed by atoms with Crippen molar-refractivity contribution in [3.05, 3.63) is 23.2 Å². The van der Waals surface area contributed by atoms with Gasteiger partial charge in [-0.1, -0.05) is 0 Å². The first-order valence-electron chi connectivity index (χ1n) is 5.00. The van der Waals surface area contributed by atoms with Crippen LogP contribution in [0.1, 0.15) is 32.9 Å². The van der Waals surface area contributed by atoms with E-state index in [1.54, 1.807) is 0 Å². The molecule has 1 N–H and O–H groups in total. The highest BCUT2D eigenvalue weighted by atomic mass is 16.5. The molecule has 5 heteroatoms. The largest absolute Gasteiger partial charge is 0.468 e. The summed E-state index contributed by atoms with van der Waals surface area (Å²) in [6, 6.07) is 0. The first-order chi connectivity index (χ1) is 7.67. The average Bonchev–Trinajstić information content (AvgIpc) is 2.72. The summed E-state index contributed by atoms with van der Waals surface area (Å²) >= 11 is 0. The molecule has 1 aromatic heterocycles. The molecule has 1 heterocycles. The van der Waals surface area contributed by atoms with Crippen molar-refractivity contribution in [1.29, 1.82) is 0 Å². The quantitative estimate of drug-likeness (QED) is 0.752. The average molecular weight is 224 g/mol. The summed E-state index contributed by atoms with van der Waals surface area (Å²) in [5.41, 5.74) is 0.496. The van der Waals surface area contributed by atoms with Crippen LogP contribution in [0.25, 0.3) is 0 Å². The molecule has 0 spiro atoms. The maximum atomic E-state index is 11.8. The highest BCUT2D eigenvalue weighted by Gasteiger charge is 2.32. The molecule has 5 nitrogen and oxygen atoms in total. The van der Waals surface area contributed by atoms with E-state index < -0.39 is 5.97 Å². The van der Waals surface area contributed by atoms with Gasteiger partial charge < -0.3 is 14.3 Å². The molecule has 0 saturated carbocycles. The van der Waals surface area contributed by atoms with E-state index in [4.69, 9.17) is 9.52 Å². The van der Waals surface area contributed by atoms with E-state index in [0.29, 0.717) is 17.7 Å². The number of carbonyl (C=O) groups is 2. The minimum Gasteiger partial charge on any atom is -0.468 e. The molecule has 0 radical (unpaired) electrons. The summed E-state index contributed by atoms with van der Waals surface area (Å²) in [6.45, 7) is -0.0561. The Kier molecular flexibility index (Phi) is 2.78. The van der Waals surface area contributed by atoms with Crippen molar-refractivity contribution in [2.45, 2.75) is 12.8 Å². The van der Waals surface area contributed by atoms with Crippen LogP contribution < -0.4 is 0 Å². The summed E-state index contributed by atoms with van der Waals surface area (Å²) in [5.74, 6) is -0.386. The maximum Gasteiger partial charge on any atom is 0.341 e. The van der Waals surface area contributed by atoms with Crippen molar-refractivity contribution in [1.82, 2.24) is 0 Å². The number of ether oxygens (including phenoxy) is 1. The fraction of sp³-hybridized carbons (Fsp3) is 0.455. The van der Waals surface area contributed by atoms with Crippen LogP contribution >= 0.6 is 0 Å². The molecule has 86 valence electrons. The number of rotatable bonds is 2. The smallest absolute Gasteiger partial charge is 0.341 e. The Morgan fingerprint density at radius 1 is 1.62 bits per heavy atom. The van der Waals surface area contributed by atoms with Gasteiger partial charge in [0.05, 0.1) is 12.7 Å². The van der Waals surface area contributed by atoms with Crippen molar-refractivity contribution in [3.8, 4) is 0 Å². The van der Waals surface area contributed by atoms with Crippen LogP contribution in [0, 0.1) is 5.92 Å². The van der Waals surface area contributed by atoms with E-state index >= 15 is 0 Å². The fourth-order valence-corrected chi connectivity index (χ4v) is 1.94. The van der Waals surface area contributed by atoms with E-state index in [2.05, 4.69) is 4.74 Å². The summed E-state index contributed by atoms with van der Waals surface area (Å²) < 4.78 is 9.74. The molecule has 0 saturated heterocycles. The second-order valence-electron chi connectivity index (χ2n) is 3.82. The van der Waals surface area contributed by atoms with Crippen LogP contribution in [0.5, 0.6) is 0 Å². The normalized spacial score (nSPS) is 19.4. The van der Waals surface area contributed by atoms with E-state index in [1.165, 1.54) is 13.4 Å². The third-order valence-electron chi connectivity index (χ3n) is 2.76. The van der Waals surface area contributed by atoms with Crippen LogP contribution in [-0.2, 0) is 11.2 Å². The molecule has 0 bridgehead atoms. The molecule has 0 fully saturated rings. The van der Waals surface area contributed by atoms with Gasteiger partial charge in [-0.2, -0.15) is 0 Å². The van der Waals surface area contributed by atoms with Gasteiger partial charge in [-0.25, -0.2) is 4.79 Å². The van der Waals surface area contributed by atoms with Gasteiger partial charge in [-0.3, -0.25) is 4.79 Å². The Balaban J connectivity index is 2.39. The van der Waals surface area contributed by atoms with Crippen LogP contribution in [0.4, 0.5) is 0 Å². The standard InChI is InChI=1S/C11H12O5/c1-15-11(14)7-5-16-9-3-6(4-12)2-8(13)10(7)9/h5-6,12H,2-4H2,1H3. The minimum absolute atomic E-state index is 0.0561. The Labute approximate surface area is 92.0 Å². The number of aliphatic hydroxyl groups is 1. The summed E-state index contributed by atoms with van der Waals surface area (Å²) in [4.78, 5) is 23.1. The van der Waals surface area contributed by atoms with Crippen molar-refractivity contribution in [3.63, 3.8) is 0 Å². The van der Waals surface area contributed by atoms with Gasteiger partial charge in [0.1, 0.15) is 17.6 Å². The maximum absolute atomic E-state index is 11.8. The zero-order valence-electron chi connectivity index (χ0n) is 8.86. The molecule has 1 aliphatic rings. The highest BCUT2D eigenvalue weighted by Crippen LogP contribution is 2.29. The second-order valence-corrected chi connectivity index (χ2v) is 3.82. The van der Waals surface area contributed by atoms with Gasteiger partial charge in [0.15, 0.2) is 5.78 Å². The van der Waals surface area contributed by atoms with Gasteiger partial charge in [0, 0.05) is 19.4 Å². The number of esters is 1. The molecule has 0 aliphatic heterocycles. The lowest BCUT2D eigenvalue weighted by Gasteiger charge is -2.18. The number of methoxy groups -OCH3 is 1. The molecular formula is C11H12O5. The lowest BCUT2D eigenvalue weighted by Crippen LogP contribution is -2.23. The van der Waals surface area contributed by atoms with Crippen LogP contribution in [0.3, 0.4) is 0 Å². The Bertz CT molecular complexity index is 432. The van der Waals surface area contributed by atoms with E-state index in [1.807, 2.05) is 0 Å². The molecular weight excluding hydrogens is 212 g/mol. The lowest BCUT2D eigenvalue weighted by molar-refractivity contribution is 0.0595. The van der Waals surface area contributed by atoms with Crippen molar-refractivity contribution >= 4 is 11.8 Å². The number of furan rings is 1. The molecule has 0 aromatic carbocycles. The zero-order chi connectivity index (χ0) is 11.7. The van der Waals surface area contributed by atoms with E-state index in [9.17, 15) is 9.59 Å². The summed E-state index contributed by atoms with van der Waals surface area (Å²) in [5, 5.41) is 9.01. The van der Waals surface area contributed by atoms with Gasteiger partial charge >= 0.3 is 5.97 Å². The second kappa shape index (κ2) is 4.09. The predicted octanol–water partition coefficient (Wildman–Crippen LogP) is 0.804. The third-order valence-corrected chi connectivity index (χ3v) is 2.76. The van der Waals surface area contributed by atoms with Gasteiger partial charge in [0.25, 0.3) is 0 Å². The Morgan fingerprint density at radius 3 is 3.00 bits per heavy atom. The third kappa shape index (κ3) is 1.63. The Hall–Kier alpha value is -1.62. The van der Waals surface area contributed by atoms with Crippen LogP contribution in [0.2, 0.25) is 0 Å². The first kappa shape index (κ1) is 10.9. The van der Waals surface area contributed by atoms with Crippen LogP contribution in [-0.4, -0.2) is 30.6 Å². The zero-order valence-corrected chi connectivity index (χ0v) is 8.86. The van der Waals surface area contributed by atoms with Gasteiger partial charge in [0.2, 0.25) is 0 Å². The molecule has 2 rings (SSSR count). The van der Waals surface area contributed by atoms with Crippen molar-refractivity contribution < 1.29 is 23.8 Å². The SMILES string of the molecule is COC(=O)c1coc2c1C(=O)CC(CO)C2. The molecule has 1 unspecified atom stereocenters. The highest BCUT2D eigenvalue weighted by molar-refractivity contribution is 6.07. The number of ketones is 1. The monoisotopic (exact) mass is 224 g/mol. The van der Waals surface area contributed by atoms with E-state index in [0.717, 1.165) is 0 Å². The number of hydrogen-bond donors (Lipinski definition) is 1. The Morgan fingerprint density at radius 2 is 2.38 bits per heavy atom. The topological polar surface area (TPSA) is 76.7 Å². The molecule has 0 amide bonds. The number of carbonyl (C=O) groups excluding carboxylic acids is 2. The van der Waals surface area contributed by atoms with Gasteiger partial charge in [-0.05, 0) is 5.92 Å². The summed E-state index contributed by atoms with van der Waals surface area (Å²) in [7, 11) is 1.26. The number of aliphatic hydroxyl groups excluding tert-OH is 1. The van der Waals surface area contributed by atoms with Gasteiger partial charge in [-0.15, -0.1) is 0 Å². The predicted molar refractivity (Wildman–Crippen MR) is 53.3 cm³/mol. The minimum atomic E-state index is -0.569.